The number of anilines is 1. The van der Waals surface area contributed by atoms with E-state index in [1.54, 1.807) is 17.8 Å². The van der Waals surface area contributed by atoms with Crippen LogP contribution in [-0.2, 0) is 34.5 Å². The van der Waals surface area contributed by atoms with Crippen LogP contribution in [0.3, 0.4) is 0 Å². The first-order valence-corrected chi connectivity index (χ1v) is 23.5. The van der Waals surface area contributed by atoms with Crippen molar-refractivity contribution in [3.63, 3.8) is 0 Å². The molecule has 3 N–H and O–H groups in total. The van der Waals surface area contributed by atoms with Gasteiger partial charge in [0.1, 0.15) is 11.7 Å². The zero-order valence-corrected chi connectivity index (χ0v) is 37.8. The number of nitrogens with one attached hydrogen (secondary N) is 2. The molecule has 3 aliphatic heterocycles. The number of imidazole rings is 1. The molecule has 1 aliphatic carbocycles. The molecule has 9 rings (SSSR count). The molecule has 0 radical (unpaired) electrons. The van der Waals surface area contributed by atoms with Gasteiger partial charge in [-0.05, 0) is 80.7 Å². The van der Waals surface area contributed by atoms with E-state index in [1.807, 2.05) is 18.2 Å². The number of hydrogen-bond acceptors (Lipinski definition) is 11. The third-order valence-corrected chi connectivity index (χ3v) is 14.0. The van der Waals surface area contributed by atoms with Gasteiger partial charge in [0.2, 0.25) is 17.8 Å². The molecule has 66 heavy (non-hydrogen) atoms. The molecular formula is C48H61F3N10O5. The monoisotopic (exact) mass is 914 g/mol. The van der Waals surface area contributed by atoms with Crippen molar-refractivity contribution < 1.29 is 32.6 Å². The van der Waals surface area contributed by atoms with Crippen molar-refractivity contribution in [1.29, 1.82) is 0 Å². The molecule has 5 aromatic rings. The summed E-state index contributed by atoms with van der Waals surface area (Å²) in [6.07, 6.45) is 3.86. The van der Waals surface area contributed by atoms with Crippen LogP contribution in [0.2, 0.25) is 0 Å². The smallest absolute Gasteiger partial charge is 0.391 e. The van der Waals surface area contributed by atoms with E-state index in [0.29, 0.717) is 30.4 Å². The lowest BCUT2D eigenvalue weighted by molar-refractivity contribution is -0.137. The first-order valence-electron chi connectivity index (χ1n) is 23.5. The summed E-state index contributed by atoms with van der Waals surface area (Å²) < 4.78 is 50.7. The zero-order chi connectivity index (χ0) is 46.1. The molecule has 2 amide bonds. The molecule has 2 aromatic carbocycles. The molecule has 354 valence electrons. The van der Waals surface area contributed by atoms with Crippen LogP contribution in [0, 0.1) is 0 Å². The summed E-state index contributed by atoms with van der Waals surface area (Å²) in [7, 11) is 1.72. The number of aryl methyl sites for hydroxylation is 1. The van der Waals surface area contributed by atoms with Gasteiger partial charge in [0.25, 0.3) is 0 Å². The number of hydrogen-bond donors (Lipinski definition) is 3. The average molecular weight is 915 g/mol. The van der Waals surface area contributed by atoms with Crippen molar-refractivity contribution in [2.45, 2.75) is 114 Å². The number of halogens is 3. The summed E-state index contributed by atoms with van der Waals surface area (Å²) in [6.45, 7) is 10.6. The minimum Gasteiger partial charge on any atom is -0.393 e. The first kappa shape index (κ1) is 46.0. The maximum atomic E-state index is 13.2. The molecule has 4 aliphatic rings. The van der Waals surface area contributed by atoms with E-state index < -0.39 is 30.6 Å². The van der Waals surface area contributed by atoms with Crippen molar-refractivity contribution in [2.24, 2.45) is 7.05 Å². The van der Waals surface area contributed by atoms with Crippen LogP contribution in [0.5, 0.6) is 0 Å². The number of ether oxygens (including phenoxy) is 1. The molecule has 3 saturated heterocycles. The van der Waals surface area contributed by atoms with Crippen LogP contribution in [0.1, 0.15) is 87.9 Å². The number of piperazine rings is 1. The number of carbonyl (C=O) groups excluding carboxylic acids is 2. The predicted octanol–water partition coefficient (Wildman–Crippen LogP) is 5.76. The molecule has 1 saturated carbocycles. The van der Waals surface area contributed by atoms with Crippen LogP contribution in [0.4, 0.5) is 19.1 Å². The number of likely N-dealkylation sites (tertiary alicyclic amines) is 1. The van der Waals surface area contributed by atoms with Gasteiger partial charge in [0.15, 0.2) is 0 Å². The maximum Gasteiger partial charge on any atom is 0.391 e. The topological polar surface area (TPSA) is 155 Å². The van der Waals surface area contributed by atoms with Gasteiger partial charge in [-0.25, -0.2) is 9.78 Å². The fourth-order valence-corrected chi connectivity index (χ4v) is 10.4. The lowest BCUT2D eigenvalue weighted by atomic mass is 9.93. The number of aliphatic hydroxyl groups is 1. The van der Waals surface area contributed by atoms with Gasteiger partial charge in [0, 0.05) is 114 Å². The highest BCUT2D eigenvalue weighted by Gasteiger charge is 2.33. The quantitative estimate of drug-likeness (QED) is 0.0869. The van der Waals surface area contributed by atoms with Gasteiger partial charge in [0.05, 0.1) is 29.7 Å². The number of piperidine rings is 1. The van der Waals surface area contributed by atoms with E-state index in [2.05, 4.69) is 65.3 Å². The molecule has 3 atom stereocenters. The van der Waals surface area contributed by atoms with Crippen LogP contribution >= 0.6 is 0 Å². The number of alkyl halides is 3. The fourth-order valence-electron chi connectivity index (χ4n) is 10.4. The van der Waals surface area contributed by atoms with Gasteiger partial charge >= 0.3 is 11.9 Å². The number of amides is 2. The van der Waals surface area contributed by atoms with Crippen LogP contribution in [-0.4, -0.2) is 132 Å². The van der Waals surface area contributed by atoms with Gasteiger partial charge in [-0.15, -0.1) is 0 Å². The van der Waals surface area contributed by atoms with E-state index in [9.17, 15) is 32.7 Å². The fraction of sp³-hybridized carbons (Fsp3) is 0.562. The lowest BCUT2D eigenvalue weighted by Gasteiger charge is -2.34. The predicted molar refractivity (Wildman–Crippen MR) is 245 cm³/mol. The number of nitrogens with zero attached hydrogens (tertiary/aromatic N) is 8. The molecule has 3 aromatic heterocycles. The number of benzene rings is 2. The summed E-state index contributed by atoms with van der Waals surface area (Å²) in [5.74, 6) is -0.566. The molecule has 18 heteroatoms. The van der Waals surface area contributed by atoms with Crippen molar-refractivity contribution in [3.8, 4) is 11.1 Å². The molecule has 4 fully saturated rings. The Kier molecular flexibility index (Phi) is 13.7. The standard InChI is InChI=1S/C48H61F3N10O5/c1-31(25-48(49,50)51)53-46-52-26-38-39(30-60(44(38)55-46)35-9-11-36(62)12-10-35)34-7-4-32(5-8-34)27-58-21-19-57(20-22-58)17-3-23-66-37-16-18-59(29-37)28-33-6-13-40-42(24-33)56(2)47(65)61(40)41-14-15-43(63)54-45(41)64/h4-8,13,24,26,30-31,35-37,41,62H,3,9-12,14-23,25,27-29H2,1-2H3,(H,52,53,55)(H,54,63,64)/t31-,35?,36?,37+,41?/m1/s1. The Bertz CT molecular complexity index is 2580. The second kappa shape index (κ2) is 19.6. The largest absolute Gasteiger partial charge is 0.393 e. The Morgan fingerprint density at radius 1 is 0.894 bits per heavy atom. The second-order valence-corrected chi connectivity index (χ2v) is 18.9. The summed E-state index contributed by atoms with van der Waals surface area (Å²) in [4.78, 5) is 54.0. The number of fused-ring (bicyclic) bond motifs is 2. The third kappa shape index (κ3) is 10.5. The molecule has 0 bridgehead atoms. The van der Waals surface area contributed by atoms with Crippen molar-refractivity contribution in [2.75, 3.05) is 57.7 Å². The van der Waals surface area contributed by atoms with Gasteiger partial charge < -0.3 is 24.6 Å². The molecule has 15 nitrogen and oxygen atoms in total. The van der Waals surface area contributed by atoms with Gasteiger partial charge in [-0.1, -0.05) is 30.3 Å². The number of imide groups is 1. The van der Waals surface area contributed by atoms with E-state index >= 15 is 0 Å². The highest BCUT2D eigenvalue weighted by Crippen LogP contribution is 2.37. The highest BCUT2D eigenvalue weighted by molar-refractivity contribution is 6.00. The minimum absolute atomic E-state index is 0.126. The first-order chi connectivity index (χ1) is 31.7. The normalized spacial score (nSPS) is 23.2. The maximum absolute atomic E-state index is 13.2. The van der Waals surface area contributed by atoms with E-state index in [0.717, 1.165) is 119 Å². The Balaban J connectivity index is 0.723. The SMILES string of the molecule is C[C@H](CC(F)(F)F)Nc1ncc2c(-c3ccc(CN4CCN(CCCO[C@H]5CCN(Cc6ccc7c(c6)n(C)c(=O)n7C6CCC(=O)NC6=O)C5)CC4)cc3)cn(C3CCC(O)CC3)c2n1. The van der Waals surface area contributed by atoms with Crippen LogP contribution in [0.15, 0.2) is 59.7 Å². The van der Waals surface area contributed by atoms with Crippen molar-refractivity contribution in [3.05, 3.63) is 76.5 Å². The molecule has 1 unspecified atom stereocenters. The van der Waals surface area contributed by atoms with Crippen molar-refractivity contribution >= 4 is 39.8 Å². The average Bonchev–Trinajstić information content (AvgIpc) is 3.96. The van der Waals surface area contributed by atoms with Gasteiger partial charge in [-0.3, -0.25) is 33.8 Å². The number of aliphatic hydroxyl groups excluding tert-OH is 1. The van der Waals surface area contributed by atoms with E-state index in [-0.39, 0.29) is 42.2 Å². The molecule has 0 spiro atoms. The Labute approximate surface area is 381 Å². The summed E-state index contributed by atoms with van der Waals surface area (Å²) >= 11 is 0. The van der Waals surface area contributed by atoms with Crippen molar-refractivity contribution in [1.82, 2.24) is 43.7 Å². The lowest BCUT2D eigenvalue weighted by Crippen LogP contribution is -2.46. The third-order valence-electron chi connectivity index (χ3n) is 14.0. The molecular weight excluding hydrogens is 854 g/mol. The second-order valence-electron chi connectivity index (χ2n) is 18.9. The Morgan fingerprint density at radius 2 is 1.62 bits per heavy atom. The number of aromatic nitrogens is 5. The Hall–Kier alpha value is -5.14. The summed E-state index contributed by atoms with van der Waals surface area (Å²) in [5.41, 5.74) is 6.21. The van der Waals surface area contributed by atoms with E-state index in [4.69, 9.17) is 9.72 Å². The Morgan fingerprint density at radius 3 is 2.36 bits per heavy atom. The van der Waals surface area contributed by atoms with Gasteiger partial charge in [-0.2, -0.15) is 18.2 Å². The summed E-state index contributed by atoms with van der Waals surface area (Å²) in [5, 5.41) is 16.2. The minimum atomic E-state index is -4.29. The van der Waals surface area contributed by atoms with Crippen LogP contribution < -0.4 is 16.3 Å². The number of rotatable bonds is 15. The van der Waals surface area contributed by atoms with E-state index in [1.165, 1.54) is 17.1 Å². The van der Waals surface area contributed by atoms with Crippen LogP contribution in [0.25, 0.3) is 33.2 Å². The highest BCUT2D eigenvalue weighted by atomic mass is 19.4. The number of carbonyl (C=O) groups is 2. The zero-order valence-electron chi connectivity index (χ0n) is 37.8. The molecule has 6 heterocycles. The summed E-state index contributed by atoms with van der Waals surface area (Å²) in [6, 6.07) is 13.1.